The molecule has 0 bridgehead atoms. The molecule has 0 aliphatic carbocycles. The fourth-order valence-corrected chi connectivity index (χ4v) is 3.91. The monoisotopic (exact) mass is 492 g/mol. The number of nitrogens with zero attached hydrogens (tertiary/aromatic N) is 3. The van der Waals surface area contributed by atoms with Gasteiger partial charge in [0.25, 0.3) is 0 Å². The lowest BCUT2D eigenvalue weighted by atomic mass is 10.1. The predicted octanol–water partition coefficient (Wildman–Crippen LogP) is 6.13. The number of benzene rings is 3. The zero-order chi connectivity index (χ0) is 26.0. The molecule has 188 valence electrons. The Morgan fingerprint density at radius 2 is 1.62 bits per heavy atom. The molecule has 4 rings (SSSR count). The lowest BCUT2D eigenvalue weighted by Gasteiger charge is -2.20. The molecular formula is C31H32N4O2. The van der Waals surface area contributed by atoms with Gasteiger partial charge in [-0.3, -0.25) is 9.59 Å². The number of carbonyl (C=O) groups excluding carboxylic acids is 2. The van der Waals surface area contributed by atoms with Crippen LogP contribution in [0.3, 0.4) is 0 Å². The van der Waals surface area contributed by atoms with Gasteiger partial charge in [-0.2, -0.15) is 5.10 Å². The predicted molar refractivity (Wildman–Crippen MR) is 149 cm³/mol. The number of rotatable bonds is 10. The van der Waals surface area contributed by atoms with Crippen molar-refractivity contribution in [3.8, 4) is 16.9 Å². The molecule has 0 aliphatic rings. The summed E-state index contributed by atoms with van der Waals surface area (Å²) in [6.45, 7) is 4.55. The van der Waals surface area contributed by atoms with Crippen molar-refractivity contribution in [3.63, 3.8) is 0 Å². The molecule has 2 amide bonds. The van der Waals surface area contributed by atoms with Crippen molar-refractivity contribution in [2.75, 3.05) is 18.4 Å². The molecule has 0 spiro atoms. The Bertz CT molecular complexity index is 1340. The van der Waals surface area contributed by atoms with E-state index in [4.69, 9.17) is 5.10 Å². The van der Waals surface area contributed by atoms with Crippen LogP contribution in [0.25, 0.3) is 23.0 Å². The largest absolute Gasteiger partial charge is 0.330 e. The molecule has 0 radical (unpaired) electrons. The molecule has 0 atom stereocenters. The number of carbonyl (C=O) groups is 2. The number of amides is 2. The van der Waals surface area contributed by atoms with Gasteiger partial charge in [0.15, 0.2) is 0 Å². The van der Waals surface area contributed by atoms with Crippen molar-refractivity contribution in [1.29, 1.82) is 0 Å². The average molecular weight is 493 g/mol. The van der Waals surface area contributed by atoms with E-state index in [-0.39, 0.29) is 18.4 Å². The number of aromatic nitrogens is 2. The second-order valence-corrected chi connectivity index (χ2v) is 8.93. The lowest BCUT2D eigenvalue weighted by molar-refractivity contribution is -0.130. The van der Waals surface area contributed by atoms with Gasteiger partial charge in [0.1, 0.15) is 12.4 Å². The van der Waals surface area contributed by atoms with Crippen LogP contribution in [0.1, 0.15) is 30.9 Å². The van der Waals surface area contributed by atoms with E-state index in [0.29, 0.717) is 12.4 Å². The number of unbranched alkanes of at least 4 members (excludes halogenated alkanes) is 1. The van der Waals surface area contributed by atoms with E-state index in [2.05, 4.69) is 12.2 Å². The first-order valence-electron chi connectivity index (χ1n) is 12.6. The van der Waals surface area contributed by atoms with Gasteiger partial charge in [-0.05, 0) is 37.1 Å². The second-order valence-electron chi connectivity index (χ2n) is 8.93. The molecule has 6 heteroatoms. The second kappa shape index (κ2) is 12.5. The Morgan fingerprint density at radius 1 is 0.946 bits per heavy atom. The minimum absolute atomic E-state index is 0.0439. The quantitative estimate of drug-likeness (QED) is 0.271. The molecule has 0 aliphatic heterocycles. The third kappa shape index (κ3) is 7.04. The molecule has 3 aromatic carbocycles. The molecule has 0 unspecified atom stereocenters. The smallest absolute Gasteiger partial charge is 0.247 e. The van der Waals surface area contributed by atoms with Gasteiger partial charge in [0.2, 0.25) is 11.8 Å². The van der Waals surface area contributed by atoms with Crippen LogP contribution < -0.4 is 5.32 Å². The zero-order valence-electron chi connectivity index (χ0n) is 21.3. The van der Waals surface area contributed by atoms with Crippen molar-refractivity contribution in [3.05, 3.63) is 108 Å². The van der Waals surface area contributed by atoms with E-state index < -0.39 is 0 Å². The lowest BCUT2D eigenvalue weighted by Crippen LogP contribution is -2.38. The van der Waals surface area contributed by atoms with E-state index in [9.17, 15) is 9.59 Å². The molecular weight excluding hydrogens is 460 g/mol. The highest BCUT2D eigenvalue weighted by Gasteiger charge is 2.18. The Kier molecular flexibility index (Phi) is 8.66. The molecule has 4 aromatic rings. The SMILES string of the molecule is CCCCN(CC(=O)Nc1cc(-c2ccccc2)nn1-c1ccc(C)cc1)C(=O)/C=C/c1ccccc1. The van der Waals surface area contributed by atoms with Crippen LogP contribution in [-0.4, -0.2) is 39.6 Å². The van der Waals surface area contributed by atoms with E-state index >= 15 is 0 Å². The first-order valence-corrected chi connectivity index (χ1v) is 12.6. The summed E-state index contributed by atoms with van der Waals surface area (Å²) in [5.41, 5.74) is 4.62. The highest BCUT2D eigenvalue weighted by molar-refractivity contribution is 5.98. The van der Waals surface area contributed by atoms with Crippen LogP contribution in [0.2, 0.25) is 0 Å². The Balaban J connectivity index is 1.55. The summed E-state index contributed by atoms with van der Waals surface area (Å²) < 4.78 is 1.73. The fourth-order valence-electron chi connectivity index (χ4n) is 3.91. The van der Waals surface area contributed by atoms with Gasteiger partial charge < -0.3 is 10.2 Å². The molecule has 1 heterocycles. The van der Waals surface area contributed by atoms with Gasteiger partial charge in [-0.15, -0.1) is 0 Å². The third-order valence-electron chi connectivity index (χ3n) is 5.97. The van der Waals surface area contributed by atoms with Crippen LogP contribution in [0.4, 0.5) is 5.82 Å². The van der Waals surface area contributed by atoms with Crippen LogP contribution in [0.15, 0.2) is 97.1 Å². The van der Waals surface area contributed by atoms with Gasteiger partial charge >= 0.3 is 0 Å². The zero-order valence-corrected chi connectivity index (χ0v) is 21.3. The van der Waals surface area contributed by atoms with Gasteiger partial charge in [-0.1, -0.05) is 91.7 Å². The highest BCUT2D eigenvalue weighted by atomic mass is 16.2. The number of nitrogens with one attached hydrogen (secondary N) is 1. The molecule has 0 saturated carbocycles. The van der Waals surface area contributed by atoms with E-state index in [1.54, 1.807) is 15.7 Å². The third-order valence-corrected chi connectivity index (χ3v) is 5.97. The normalized spacial score (nSPS) is 11.0. The first-order chi connectivity index (χ1) is 18.0. The summed E-state index contributed by atoms with van der Waals surface area (Å²) in [5.74, 6) is 0.0883. The summed E-state index contributed by atoms with van der Waals surface area (Å²) >= 11 is 0. The molecule has 37 heavy (non-hydrogen) atoms. The Hall–Kier alpha value is -4.45. The number of hydrogen-bond acceptors (Lipinski definition) is 3. The van der Waals surface area contributed by atoms with Gasteiger partial charge in [0.05, 0.1) is 11.4 Å². The van der Waals surface area contributed by atoms with Crippen molar-refractivity contribution in [1.82, 2.24) is 14.7 Å². The van der Waals surface area contributed by atoms with Crippen molar-refractivity contribution < 1.29 is 9.59 Å². The molecule has 0 fully saturated rings. The van der Waals surface area contributed by atoms with Crippen molar-refractivity contribution in [2.24, 2.45) is 0 Å². The summed E-state index contributed by atoms with van der Waals surface area (Å²) in [6, 6.07) is 29.3. The maximum Gasteiger partial charge on any atom is 0.247 e. The number of aryl methyl sites for hydroxylation is 1. The maximum atomic E-state index is 13.2. The highest BCUT2D eigenvalue weighted by Crippen LogP contribution is 2.25. The molecule has 1 aromatic heterocycles. The van der Waals surface area contributed by atoms with Crippen molar-refractivity contribution in [2.45, 2.75) is 26.7 Å². The van der Waals surface area contributed by atoms with Gasteiger partial charge in [-0.25, -0.2) is 4.68 Å². The van der Waals surface area contributed by atoms with E-state index in [1.807, 2.05) is 97.9 Å². The summed E-state index contributed by atoms with van der Waals surface area (Å²) in [6.07, 6.45) is 5.05. The average Bonchev–Trinajstić information content (AvgIpc) is 3.34. The standard InChI is InChI=1S/C31H32N4O2/c1-3-4-21-34(31(37)20-17-25-11-7-5-8-12-25)23-30(36)32-29-22-28(26-13-9-6-10-14-26)33-35(29)27-18-15-24(2)16-19-27/h5-20,22H,3-4,21,23H2,1-2H3,(H,32,36)/b20-17+. The van der Waals surface area contributed by atoms with Crippen LogP contribution >= 0.6 is 0 Å². The van der Waals surface area contributed by atoms with Crippen molar-refractivity contribution >= 4 is 23.7 Å². The minimum Gasteiger partial charge on any atom is -0.330 e. The number of hydrogen-bond donors (Lipinski definition) is 1. The maximum absolute atomic E-state index is 13.2. The molecule has 0 saturated heterocycles. The fraction of sp³-hybridized carbons (Fsp3) is 0.194. The summed E-state index contributed by atoms with van der Waals surface area (Å²) in [5, 5.41) is 7.76. The summed E-state index contributed by atoms with van der Waals surface area (Å²) in [4.78, 5) is 27.7. The topological polar surface area (TPSA) is 67.2 Å². The minimum atomic E-state index is -0.273. The van der Waals surface area contributed by atoms with E-state index in [1.165, 1.54) is 6.08 Å². The summed E-state index contributed by atoms with van der Waals surface area (Å²) in [7, 11) is 0. The first kappa shape index (κ1) is 25.6. The van der Waals surface area contributed by atoms with Crippen LogP contribution in [0, 0.1) is 6.92 Å². The Morgan fingerprint density at radius 3 is 2.30 bits per heavy atom. The van der Waals surface area contributed by atoms with Crippen LogP contribution in [0.5, 0.6) is 0 Å². The van der Waals surface area contributed by atoms with Gasteiger partial charge in [0, 0.05) is 24.3 Å². The van der Waals surface area contributed by atoms with Crippen LogP contribution in [-0.2, 0) is 9.59 Å². The Labute approximate surface area is 218 Å². The van der Waals surface area contributed by atoms with E-state index in [0.717, 1.165) is 40.9 Å². The molecule has 6 nitrogen and oxygen atoms in total. The molecule has 1 N–H and O–H groups in total. The number of anilines is 1.